The summed E-state index contributed by atoms with van der Waals surface area (Å²) < 4.78 is 15.4. The van der Waals surface area contributed by atoms with Crippen LogP contribution in [0.5, 0.6) is 11.5 Å². The van der Waals surface area contributed by atoms with Crippen molar-refractivity contribution in [1.29, 1.82) is 0 Å². The number of anilines is 2. The lowest BCUT2D eigenvalue weighted by Gasteiger charge is -2.12. The molecule has 7 heteroatoms. The van der Waals surface area contributed by atoms with Crippen molar-refractivity contribution in [3.63, 3.8) is 0 Å². The summed E-state index contributed by atoms with van der Waals surface area (Å²) in [5, 5.41) is 5.94. The second-order valence-electron chi connectivity index (χ2n) is 4.87. The molecule has 1 amide bonds. The third kappa shape index (κ3) is 4.60. The van der Waals surface area contributed by atoms with Crippen LogP contribution in [-0.4, -0.2) is 45.4 Å². The van der Waals surface area contributed by atoms with Crippen LogP contribution in [0, 0.1) is 0 Å². The summed E-state index contributed by atoms with van der Waals surface area (Å²) in [6.07, 6.45) is 1.58. The number of amides is 1. The summed E-state index contributed by atoms with van der Waals surface area (Å²) in [6.45, 7) is 1.22. The molecule has 0 saturated heterocycles. The van der Waals surface area contributed by atoms with Crippen molar-refractivity contribution < 1.29 is 19.0 Å². The monoisotopic (exact) mass is 331 g/mol. The number of ether oxygens (including phenoxy) is 3. The van der Waals surface area contributed by atoms with Gasteiger partial charge in [-0.1, -0.05) is 0 Å². The van der Waals surface area contributed by atoms with E-state index in [-0.39, 0.29) is 5.91 Å². The molecule has 1 aromatic carbocycles. The maximum atomic E-state index is 12.4. The van der Waals surface area contributed by atoms with Crippen LogP contribution < -0.4 is 20.1 Å². The van der Waals surface area contributed by atoms with E-state index in [1.807, 2.05) is 0 Å². The predicted molar refractivity (Wildman–Crippen MR) is 92.1 cm³/mol. The van der Waals surface area contributed by atoms with Gasteiger partial charge in [0.1, 0.15) is 17.2 Å². The normalized spacial score (nSPS) is 10.1. The number of nitrogens with zero attached hydrogens (tertiary/aromatic N) is 1. The Morgan fingerprint density at radius 2 is 1.96 bits per heavy atom. The fourth-order valence-corrected chi connectivity index (χ4v) is 2.06. The molecule has 0 saturated carbocycles. The molecule has 24 heavy (non-hydrogen) atoms. The van der Waals surface area contributed by atoms with E-state index in [0.717, 1.165) is 5.69 Å². The Morgan fingerprint density at radius 3 is 2.67 bits per heavy atom. The molecule has 7 nitrogen and oxygen atoms in total. The molecule has 2 aromatic rings. The van der Waals surface area contributed by atoms with Crippen molar-refractivity contribution in [1.82, 2.24) is 4.98 Å². The summed E-state index contributed by atoms with van der Waals surface area (Å²) in [5.41, 5.74) is 1.61. The number of hydrogen-bond donors (Lipinski definition) is 2. The van der Waals surface area contributed by atoms with Gasteiger partial charge in [0.25, 0.3) is 5.91 Å². The minimum atomic E-state index is -0.336. The molecule has 2 N–H and O–H groups in total. The zero-order valence-corrected chi connectivity index (χ0v) is 14.0. The van der Waals surface area contributed by atoms with Gasteiger partial charge in [0.15, 0.2) is 0 Å². The Hall–Kier alpha value is -2.80. The van der Waals surface area contributed by atoms with Gasteiger partial charge in [-0.05, 0) is 24.3 Å². The van der Waals surface area contributed by atoms with Gasteiger partial charge in [0.2, 0.25) is 0 Å². The first-order valence-corrected chi connectivity index (χ1v) is 7.40. The van der Waals surface area contributed by atoms with E-state index in [4.69, 9.17) is 14.2 Å². The third-order valence-corrected chi connectivity index (χ3v) is 3.28. The first kappa shape index (κ1) is 17.6. The van der Waals surface area contributed by atoms with E-state index in [1.54, 1.807) is 50.7 Å². The van der Waals surface area contributed by atoms with Gasteiger partial charge in [-0.25, -0.2) is 0 Å². The van der Waals surface area contributed by atoms with E-state index in [9.17, 15) is 4.79 Å². The molecule has 1 heterocycles. The molecule has 2 rings (SSSR count). The van der Waals surface area contributed by atoms with Crippen molar-refractivity contribution in [2.75, 3.05) is 45.1 Å². The molecule has 128 valence electrons. The van der Waals surface area contributed by atoms with Crippen molar-refractivity contribution in [3.05, 3.63) is 42.2 Å². The number of aromatic nitrogens is 1. The van der Waals surface area contributed by atoms with Gasteiger partial charge in [-0.2, -0.15) is 0 Å². The molecular weight excluding hydrogens is 310 g/mol. The van der Waals surface area contributed by atoms with E-state index in [1.165, 1.54) is 7.11 Å². The summed E-state index contributed by atoms with van der Waals surface area (Å²) in [7, 11) is 4.73. The van der Waals surface area contributed by atoms with Gasteiger partial charge in [0.05, 0.1) is 26.5 Å². The molecule has 0 aliphatic heterocycles. The van der Waals surface area contributed by atoms with Crippen LogP contribution in [0.25, 0.3) is 0 Å². The average molecular weight is 331 g/mol. The highest BCUT2D eigenvalue weighted by Gasteiger charge is 2.12. The molecule has 0 aliphatic rings. The quantitative estimate of drug-likeness (QED) is 0.723. The van der Waals surface area contributed by atoms with Crippen LogP contribution >= 0.6 is 0 Å². The van der Waals surface area contributed by atoms with Gasteiger partial charge in [-0.15, -0.1) is 0 Å². The van der Waals surface area contributed by atoms with Crippen LogP contribution in [-0.2, 0) is 4.74 Å². The first-order chi connectivity index (χ1) is 11.7. The smallest absolute Gasteiger partial charge is 0.274 e. The number of benzene rings is 1. The molecule has 0 bridgehead atoms. The lowest BCUT2D eigenvalue weighted by Crippen LogP contribution is -2.15. The number of rotatable bonds is 8. The van der Waals surface area contributed by atoms with Crippen molar-refractivity contribution in [2.24, 2.45) is 0 Å². The van der Waals surface area contributed by atoms with Gasteiger partial charge in [0, 0.05) is 31.6 Å². The largest absolute Gasteiger partial charge is 0.497 e. The second kappa shape index (κ2) is 8.73. The van der Waals surface area contributed by atoms with Crippen molar-refractivity contribution in [3.8, 4) is 11.5 Å². The van der Waals surface area contributed by atoms with Crippen LogP contribution in [0.1, 0.15) is 10.5 Å². The Morgan fingerprint density at radius 1 is 1.12 bits per heavy atom. The number of hydrogen-bond acceptors (Lipinski definition) is 6. The number of pyridine rings is 1. The zero-order valence-electron chi connectivity index (χ0n) is 14.0. The number of nitrogens with one attached hydrogen (secondary N) is 2. The summed E-state index contributed by atoms with van der Waals surface area (Å²) >= 11 is 0. The second-order valence-corrected chi connectivity index (χ2v) is 4.87. The molecule has 0 unspecified atom stereocenters. The molecule has 0 spiro atoms. The fourth-order valence-electron chi connectivity index (χ4n) is 2.06. The molecule has 0 fully saturated rings. The first-order valence-electron chi connectivity index (χ1n) is 7.40. The third-order valence-electron chi connectivity index (χ3n) is 3.28. The highest BCUT2D eigenvalue weighted by Crippen LogP contribution is 2.29. The minimum Gasteiger partial charge on any atom is -0.497 e. The summed E-state index contributed by atoms with van der Waals surface area (Å²) in [5.74, 6) is 0.824. The zero-order chi connectivity index (χ0) is 17.4. The van der Waals surface area contributed by atoms with Gasteiger partial charge < -0.3 is 24.8 Å². The van der Waals surface area contributed by atoms with Crippen LogP contribution in [0.15, 0.2) is 36.5 Å². The highest BCUT2D eigenvalue weighted by atomic mass is 16.5. The molecule has 0 atom stereocenters. The van der Waals surface area contributed by atoms with Crippen LogP contribution in [0.4, 0.5) is 11.4 Å². The summed E-state index contributed by atoms with van der Waals surface area (Å²) in [4.78, 5) is 16.5. The number of carbonyl (C=O) groups is 1. The molecule has 0 aliphatic carbocycles. The van der Waals surface area contributed by atoms with E-state index < -0.39 is 0 Å². The number of carbonyl (C=O) groups excluding carboxylic acids is 1. The number of methoxy groups -OCH3 is 3. The maximum Gasteiger partial charge on any atom is 0.274 e. The van der Waals surface area contributed by atoms with Crippen molar-refractivity contribution in [2.45, 2.75) is 0 Å². The van der Waals surface area contributed by atoms with Crippen LogP contribution in [0.2, 0.25) is 0 Å². The molecule has 1 aromatic heterocycles. The average Bonchev–Trinajstić information content (AvgIpc) is 2.62. The lowest BCUT2D eigenvalue weighted by molar-refractivity contribution is 0.102. The van der Waals surface area contributed by atoms with E-state index in [2.05, 4.69) is 15.6 Å². The SMILES string of the molecule is COCCNc1ccnc(C(=O)Nc2cc(OC)ccc2OC)c1. The van der Waals surface area contributed by atoms with E-state index in [0.29, 0.717) is 36.0 Å². The van der Waals surface area contributed by atoms with Gasteiger partial charge >= 0.3 is 0 Å². The standard InChI is InChI=1S/C17H21N3O4/c1-22-9-8-18-12-6-7-19-15(10-12)17(21)20-14-11-13(23-2)4-5-16(14)24-3/h4-7,10-11H,8-9H2,1-3H3,(H,18,19)(H,20,21). The predicted octanol–water partition coefficient (Wildman–Crippen LogP) is 2.41. The Bertz CT molecular complexity index is 691. The topological polar surface area (TPSA) is 81.7 Å². The Balaban J connectivity index is 2.13. The molecular formula is C17H21N3O4. The fraction of sp³-hybridized carbons (Fsp3) is 0.294. The lowest BCUT2D eigenvalue weighted by atomic mass is 10.2. The minimum absolute atomic E-state index is 0.294. The highest BCUT2D eigenvalue weighted by molar-refractivity contribution is 6.04. The summed E-state index contributed by atoms with van der Waals surface area (Å²) in [6, 6.07) is 8.64. The Labute approximate surface area is 140 Å². The van der Waals surface area contributed by atoms with E-state index >= 15 is 0 Å². The van der Waals surface area contributed by atoms with Crippen molar-refractivity contribution >= 4 is 17.3 Å². The maximum absolute atomic E-state index is 12.4. The Kier molecular flexibility index (Phi) is 6.39. The molecule has 0 radical (unpaired) electrons. The van der Waals surface area contributed by atoms with Gasteiger partial charge in [-0.3, -0.25) is 9.78 Å². The van der Waals surface area contributed by atoms with Crippen LogP contribution in [0.3, 0.4) is 0 Å².